The number of hydrogen-bond acceptors (Lipinski definition) is 10. The first kappa shape index (κ1) is 44.2. The highest BCUT2D eigenvalue weighted by molar-refractivity contribution is 7.91. The SMILES string of the molecule is COc1ccc2c(O[C@@H]3C[C@H]4C(=O)C[C@]5(C(=O)NS(=O)(=O)C6(C)CC6)C[C@H]5/C=C\CC[C@@H](C)C[C@@H](C)[C@H](CC(=O)OC(C)(C)C)C(=O)N4C3)nc(-c3ccc(F)cc3)cc2c1. The zero-order valence-corrected chi connectivity index (χ0v) is 37.0. The summed E-state index contributed by atoms with van der Waals surface area (Å²) in [5.74, 6) is -2.84. The van der Waals surface area contributed by atoms with Gasteiger partial charge in [0.05, 0.1) is 47.9 Å². The fourth-order valence-corrected chi connectivity index (χ4v) is 10.3. The number of sulfonamides is 1. The molecule has 7 atom stereocenters. The molecule has 0 radical (unpaired) electrons. The van der Waals surface area contributed by atoms with E-state index in [1.807, 2.05) is 37.3 Å². The van der Waals surface area contributed by atoms with Gasteiger partial charge in [0.2, 0.25) is 27.7 Å². The average Bonchev–Trinajstić information content (AvgIpc) is 4.07. The Balaban J connectivity index is 1.26. The van der Waals surface area contributed by atoms with Crippen molar-refractivity contribution in [1.29, 1.82) is 0 Å². The van der Waals surface area contributed by atoms with E-state index in [0.29, 0.717) is 48.1 Å². The largest absolute Gasteiger partial charge is 0.497 e. The predicted molar refractivity (Wildman–Crippen MR) is 228 cm³/mol. The lowest BCUT2D eigenvalue weighted by molar-refractivity contribution is -0.160. The lowest BCUT2D eigenvalue weighted by Gasteiger charge is -2.32. The second-order valence-corrected chi connectivity index (χ2v) is 21.3. The van der Waals surface area contributed by atoms with E-state index in [1.54, 1.807) is 53.0 Å². The Bertz CT molecular complexity index is 2340. The maximum Gasteiger partial charge on any atom is 0.307 e. The first-order valence-electron chi connectivity index (χ1n) is 21.4. The second kappa shape index (κ2) is 16.8. The second-order valence-electron chi connectivity index (χ2n) is 19.1. The number of fused-ring (bicyclic) bond motifs is 3. The smallest absolute Gasteiger partial charge is 0.307 e. The highest BCUT2D eigenvalue weighted by atomic mass is 32.2. The number of aromatic nitrogens is 1. The summed E-state index contributed by atoms with van der Waals surface area (Å²) in [7, 11) is -2.43. The average molecular weight is 860 g/mol. The summed E-state index contributed by atoms with van der Waals surface area (Å²) in [6.07, 6.45) is 6.07. The van der Waals surface area contributed by atoms with E-state index >= 15 is 4.79 Å². The van der Waals surface area contributed by atoms with Crippen molar-refractivity contribution in [3.05, 3.63) is 66.5 Å². The van der Waals surface area contributed by atoms with Crippen LogP contribution in [0.1, 0.15) is 99.3 Å². The Kier molecular flexibility index (Phi) is 12.2. The number of methoxy groups -OCH3 is 1. The summed E-state index contributed by atoms with van der Waals surface area (Å²) in [5, 5.41) is 1.38. The Morgan fingerprint density at radius 3 is 2.43 bits per heavy atom. The number of hydrogen-bond donors (Lipinski definition) is 1. The van der Waals surface area contributed by atoms with E-state index in [9.17, 15) is 27.2 Å². The summed E-state index contributed by atoms with van der Waals surface area (Å²) in [4.78, 5) is 63.8. The molecular formula is C47H58FN3O9S. The van der Waals surface area contributed by atoms with Crippen LogP contribution in [0.3, 0.4) is 0 Å². The van der Waals surface area contributed by atoms with Crippen LogP contribution in [0.4, 0.5) is 4.39 Å². The fourth-order valence-electron chi connectivity index (χ4n) is 9.00. The number of ketones is 1. The molecule has 0 unspecified atom stereocenters. The van der Waals surface area contributed by atoms with Crippen LogP contribution in [0.25, 0.3) is 22.0 Å². The van der Waals surface area contributed by atoms with Crippen LogP contribution in [0.2, 0.25) is 0 Å². The van der Waals surface area contributed by atoms with Gasteiger partial charge in [-0.15, -0.1) is 0 Å². The Morgan fingerprint density at radius 2 is 1.75 bits per heavy atom. The van der Waals surface area contributed by atoms with Gasteiger partial charge in [0.25, 0.3) is 0 Å². The number of allylic oxidation sites excluding steroid dienone is 2. The van der Waals surface area contributed by atoms with Crippen LogP contribution in [-0.4, -0.2) is 78.0 Å². The van der Waals surface area contributed by atoms with Gasteiger partial charge in [0.15, 0.2) is 5.78 Å². The molecule has 61 heavy (non-hydrogen) atoms. The molecule has 3 heterocycles. The fraction of sp³-hybridized carbons (Fsp3) is 0.553. The van der Waals surface area contributed by atoms with Crippen LogP contribution >= 0.6 is 0 Å². The molecule has 1 N–H and O–H groups in total. The van der Waals surface area contributed by atoms with E-state index in [4.69, 9.17) is 19.2 Å². The number of pyridine rings is 1. The van der Waals surface area contributed by atoms with Gasteiger partial charge in [-0.1, -0.05) is 26.0 Å². The molecule has 7 rings (SSSR count). The Hall–Kier alpha value is -4.85. The number of benzene rings is 2. The van der Waals surface area contributed by atoms with Crippen LogP contribution in [-0.2, 0) is 33.9 Å². The zero-order chi connectivity index (χ0) is 44.1. The van der Waals surface area contributed by atoms with E-state index in [2.05, 4.69) is 11.6 Å². The van der Waals surface area contributed by atoms with E-state index in [1.165, 1.54) is 17.0 Å². The maximum absolute atomic E-state index is 15.1. The molecule has 3 aromatic rings. The molecule has 2 amide bonds. The van der Waals surface area contributed by atoms with Crippen molar-refractivity contribution in [3.63, 3.8) is 0 Å². The minimum Gasteiger partial charge on any atom is -0.497 e. The summed E-state index contributed by atoms with van der Waals surface area (Å²) < 4.78 is 59.8. The molecular weight excluding hydrogens is 802 g/mol. The number of rotatable bonds is 9. The highest BCUT2D eigenvalue weighted by Gasteiger charge is 2.62. The molecule has 0 spiro atoms. The molecule has 1 saturated heterocycles. The number of ether oxygens (including phenoxy) is 3. The van der Waals surface area contributed by atoms with Crippen LogP contribution in [0.5, 0.6) is 11.6 Å². The predicted octanol–water partition coefficient (Wildman–Crippen LogP) is 7.72. The lowest BCUT2D eigenvalue weighted by Crippen LogP contribution is -2.48. The van der Waals surface area contributed by atoms with Crippen molar-refractivity contribution in [2.75, 3.05) is 13.7 Å². The van der Waals surface area contributed by atoms with Crippen molar-refractivity contribution in [3.8, 4) is 22.9 Å². The summed E-state index contributed by atoms with van der Waals surface area (Å²) >= 11 is 0. The van der Waals surface area contributed by atoms with E-state index in [-0.39, 0.29) is 61.8 Å². The third kappa shape index (κ3) is 9.64. The van der Waals surface area contributed by atoms with Crippen molar-refractivity contribution >= 4 is 44.4 Å². The Labute approximate surface area is 358 Å². The molecule has 328 valence electrons. The first-order valence-corrected chi connectivity index (χ1v) is 22.9. The monoisotopic (exact) mass is 859 g/mol. The van der Waals surface area contributed by atoms with Crippen molar-refractivity contribution in [1.82, 2.24) is 14.6 Å². The number of carbonyl (C=O) groups excluding carboxylic acids is 4. The van der Waals surface area contributed by atoms with Gasteiger partial charge in [-0.25, -0.2) is 17.8 Å². The van der Waals surface area contributed by atoms with Crippen LogP contribution < -0.4 is 14.2 Å². The molecule has 2 saturated carbocycles. The van der Waals surface area contributed by atoms with E-state index in [0.717, 1.165) is 11.8 Å². The third-order valence-corrected chi connectivity index (χ3v) is 15.2. The quantitative estimate of drug-likeness (QED) is 0.167. The number of carbonyl (C=O) groups is 4. The van der Waals surface area contributed by atoms with E-state index < -0.39 is 67.3 Å². The van der Waals surface area contributed by atoms with Gasteiger partial charge in [0.1, 0.15) is 23.3 Å². The topological polar surface area (TPSA) is 158 Å². The number of nitrogens with one attached hydrogen (secondary N) is 1. The standard InChI is InChI=1S/C47H58FN3O9S/c1-28-10-8-9-11-32-25-47(32,44(55)50-61(56,57)46(6)18-19-46)26-40(52)39-23-35(27-51(39)43(54)37(29(2)20-28)24-41(53)60-45(3,4)5)59-42-36-17-16-34(58-7)21-31(36)22-38(49-42)30-12-14-33(48)15-13-30/h9,11-17,21-22,28-29,32,35,37,39H,8,10,18-20,23-27H2,1-7H3,(H,50,55)/b11-9-/t28-,29-,32-,35-,37+,39+,47-/m1/s1. The number of halogens is 1. The zero-order valence-electron chi connectivity index (χ0n) is 36.2. The molecule has 12 nitrogen and oxygen atoms in total. The molecule has 14 heteroatoms. The van der Waals surface area contributed by atoms with Crippen LogP contribution in [0.15, 0.2) is 60.7 Å². The van der Waals surface area contributed by atoms with Gasteiger partial charge in [-0.3, -0.25) is 23.9 Å². The summed E-state index contributed by atoms with van der Waals surface area (Å²) in [6.45, 7) is 11.0. The van der Waals surface area contributed by atoms with Gasteiger partial charge in [0, 0.05) is 23.8 Å². The number of nitrogens with zero attached hydrogens (tertiary/aromatic N) is 2. The summed E-state index contributed by atoms with van der Waals surface area (Å²) in [6, 6.07) is 12.1. The van der Waals surface area contributed by atoms with Gasteiger partial charge in [-0.2, -0.15) is 0 Å². The Morgan fingerprint density at radius 1 is 1.03 bits per heavy atom. The number of amides is 2. The van der Waals surface area contributed by atoms with Crippen LogP contribution in [0, 0.1) is 34.9 Å². The van der Waals surface area contributed by atoms with Crippen molar-refractivity contribution in [2.45, 2.75) is 122 Å². The molecule has 2 aliphatic carbocycles. The molecule has 4 aliphatic rings. The molecule has 0 bridgehead atoms. The first-order chi connectivity index (χ1) is 28.7. The number of esters is 1. The minimum atomic E-state index is -3.99. The minimum absolute atomic E-state index is 0.0162. The van der Waals surface area contributed by atoms with Gasteiger partial charge in [-0.05, 0) is 138 Å². The van der Waals surface area contributed by atoms with Gasteiger partial charge < -0.3 is 19.1 Å². The lowest BCUT2D eigenvalue weighted by atomic mass is 9.82. The van der Waals surface area contributed by atoms with Crippen molar-refractivity contribution < 1.29 is 46.2 Å². The maximum atomic E-state index is 15.1. The molecule has 2 aliphatic heterocycles. The normalized spacial score (nSPS) is 28.4. The molecule has 1 aromatic heterocycles. The highest BCUT2D eigenvalue weighted by Crippen LogP contribution is 2.58. The van der Waals surface area contributed by atoms with Gasteiger partial charge >= 0.3 is 5.97 Å². The van der Waals surface area contributed by atoms with Crippen molar-refractivity contribution in [2.24, 2.45) is 29.1 Å². The molecule has 2 aromatic carbocycles. The third-order valence-electron chi connectivity index (χ3n) is 13.0. The molecule has 3 fully saturated rings. The number of Topliss-reactive ketones (excluding diaryl/α,β-unsaturated/α-hetero) is 1. The summed E-state index contributed by atoms with van der Waals surface area (Å²) in [5.41, 5.74) is -0.944.